The molecule has 1 rings (SSSR count). The van der Waals surface area contributed by atoms with Crippen LogP contribution in [0.1, 0.15) is 39.0 Å². The van der Waals surface area contributed by atoms with Gasteiger partial charge in [0, 0.05) is 12.5 Å². The predicted octanol–water partition coefficient (Wildman–Crippen LogP) is 1.77. The first-order chi connectivity index (χ1) is 6.74. The van der Waals surface area contributed by atoms with E-state index in [1.165, 1.54) is 0 Å². The summed E-state index contributed by atoms with van der Waals surface area (Å²) in [5.41, 5.74) is 5.79. The summed E-state index contributed by atoms with van der Waals surface area (Å²) < 4.78 is 5.27. The van der Waals surface area contributed by atoms with Gasteiger partial charge in [-0.05, 0) is 25.3 Å². The first kappa shape index (κ1) is 11.2. The Balaban J connectivity index is 2.37. The van der Waals surface area contributed by atoms with Crippen molar-refractivity contribution in [1.82, 2.24) is 0 Å². The molecule has 1 unspecified atom stereocenters. The van der Waals surface area contributed by atoms with Gasteiger partial charge in [0.25, 0.3) is 0 Å². The molecule has 80 valence electrons. The normalized spacial score (nSPS) is 18.3. The Morgan fingerprint density at radius 3 is 3.07 bits per heavy atom. The van der Waals surface area contributed by atoms with Gasteiger partial charge < -0.3 is 10.5 Å². The molecule has 0 aliphatic carbocycles. The highest BCUT2D eigenvalue weighted by molar-refractivity contribution is 5.93. The molecule has 1 heterocycles. The second-order valence-corrected chi connectivity index (χ2v) is 3.74. The van der Waals surface area contributed by atoms with Crippen molar-refractivity contribution in [2.75, 3.05) is 6.61 Å². The van der Waals surface area contributed by atoms with Crippen LogP contribution in [0.25, 0.3) is 0 Å². The topological polar surface area (TPSA) is 52.3 Å². The van der Waals surface area contributed by atoms with Crippen LogP contribution in [0.3, 0.4) is 0 Å². The van der Waals surface area contributed by atoms with Gasteiger partial charge in [0.2, 0.25) is 0 Å². The molecule has 0 aromatic rings. The minimum absolute atomic E-state index is 0.0149. The summed E-state index contributed by atoms with van der Waals surface area (Å²) >= 11 is 0. The van der Waals surface area contributed by atoms with Gasteiger partial charge in [-0.1, -0.05) is 13.3 Å². The maximum atomic E-state index is 11.6. The van der Waals surface area contributed by atoms with Crippen LogP contribution in [0.2, 0.25) is 0 Å². The molecule has 3 heteroatoms. The molecule has 0 spiro atoms. The van der Waals surface area contributed by atoms with Crippen molar-refractivity contribution in [2.24, 2.45) is 5.73 Å². The average molecular weight is 197 g/mol. The molecule has 1 atom stereocenters. The molecule has 0 aromatic heterocycles. The summed E-state index contributed by atoms with van der Waals surface area (Å²) in [6, 6.07) is -0.0149. The van der Waals surface area contributed by atoms with Gasteiger partial charge in [0.15, 0.2) is 11.5 Å². The monoisotopic (exact) mass is 197 g/mol. The zero-order chi connectivity index (χ0) is 10.4. The van der Waals surface area contributed by atoms with Gasteiger partial charge in [-0.3, -0.25) is 4.79 Å². The number of carbonyl (C=O) groups is 1. The van der Waals surface area contributed by atoms with E-state index in [1.54, 1.807) is 0 Å². The van der Waals surface area contributed by atoms with E-state index in [-0.39, 0.29) is 11.8 Å². The van der Waals surface area contributed by atoms with Crippen LogP contribution in [0.5, 0.6) is 0 Å². The summed E-state index contributed by atoms with van der Waals surface area (Å²) in [6.45, 7) is 2.74. The first-order valence-electron chi connectivity index (χ1n) is 5.35. The molecule has 0 fully saturated rings. The highest BCUT2D eigenvalue weighted by Gasteiger charge is 2.16. The van der Waals surface area contributed by atoms with Crippen LogP contribution in [0.4, 0.5) is 0 Å². The van der Waals surface area contributed by atoms with Crippen LogP contribution >= 0.6 is 0 Å². The lowest BCUT2D eigenvalue weighted by Gasteiger charge is -2.15. The lowest BCUT2D eigenvalue weighted by molar-refractivity contribution is -0.119. The average Bonchev–Trinajstić information content (AvgIpc) is 2.19. The Kier molecular flexibility index (Phi) is 4.66. The number of carbonyl (C=O) groups excluding carboxylic acids is 1. The van der Waals surface area contributed by atoms with E-state index in [4.69, 9.17) is 10.5 Å². The molecule has 1 aliphatic heterocycles. The Morgan fingerprint density at radius 1 is 1.71 bits per heavy atom. The summed E-state index contributed by atoms with van der Waals surface area (Å²) in [5.74, 6) is 0.591. The quantitative estimate of drug-likeness (QED) is 0.730. The molecule has 14 heavy (non-hydrogen) atoms. The van der Waals surface area contributed by atoms with Crippen molar-refractivity contribution in [2.45, 2.75) is 45.1 Å². The number of rotatable bonds is 5. The van der Waals surface area contributed by atoms with Gasteiger partial charge in [0.05, 0.1) is 6.61 Å². The maximum absolute atomic E-state index is 11.6. The molecule has 0 saturated carbocycles. The van der Waals surface area contributed by atoms with Crippen molar-refractivity contribution < 1.29 is 9.53 Å². The zero-order valence-corrected chi connectivity index (χ0v) is 8.79. The van der Waals surface area contributed by atoms with Crippen LogP contribution in [0, 0.1) is 0 Å². The van der Waals surface area contributed by atoms with Crippen LogP contribution < -0.4 is 5.73 Å². The van der Waals surface area contributed by atoms with Crippen LogP contribution in [-0.2, 0) is 9.53 Å². The Bertz CT molecular complexity index is 223. The number of ether oxygens (including phenoxy) is 1. The Hall–Kier alpha value is -0.830. The fourth-order valence-corrected chi connectivity index (χ4v) is 1.56. The van der Waals surface area contributed by atoms with Crippen molar-refractivity contribution >= 4 is 5.78 Å². The standard InChI is InChI=1S/C11H19NO2/c1-2-5-9(12)8-10(13)11-6-3-4-7-14-11/h6,9H,2-5,7-8,12H2,1H3. The van der Waals surface area contributed by atoms with Gasteiger partial charge in [-0.2, -0.15) is 0 Å². The number of Topliss-reactive ketones (excluding diaryl/α,β-unsaturated/α-hetero) is 1. The number of nitrogens with two attached hydrogens (primary N) is 1. The van der Waals surface area contributed by atoms with Gasteiger partial charge in [-0.25, -0.2) is 0 Å². The fraction of sp³-hybridized carbons (Fsp3) is 0.727. The molecule has 1 aliphatic rings. The van der Waals surface area contributed by atoms with Crippen molar-refractivity contribution in [3.8, 4) is 0 Å². The molecular formula is C11H19NO2. The third-order valence-electron chi connectivity index (χ3n) is 2.32. The second-order valence-electron chi connectivity index (χ2n) is 3.74. The number of ketones is 1. The third kappa shape index (κ3) is 3.50. The van der Waals surface area contributed by atoms with Crippen LogP contribution in [-0.4, -0.2) is 18.4 Å². The minimum Gasteiger partial charge on any atom is -0.490 e. The summed E-state index contributed by atoms with van der Waals surface area (Å²) in [4.78, 5) is 11.6. The van der Waals surface area contributed by atoms with E-state index in [9.17, 15) is 4.79 Å². The molecule has 0 bridgehead atoms. The molecule has 3 nitrogen and oxygen atoms in total. The van der Waals surface area contributed by atoms with Crippen molar-refractivity contribution in [3.63, 3.8) is 0 Å². The van der Waals surface area contributed by atoms with E-state index in [0.717, 1.165) is 25.7 Å². The highest BCUT2D eigenvalue weighted by atomic mass is 16.5. The zero-order valence-electron chi connectivity index (χ0n) is 8.79. The molecule has 2 N–H and O–H groups in total. The van der Waals surface area contributed by atoms with Gasteiger partial charge >= 0.3 is 0 Å². The van der Waals surface area contributed by atoms with E-state index in [1.807, 2.05) is 6.08 Å². The molecule has 0 saturated heterocycles. The SMILES string of the molecule is CCCC(N)CC(=O)C1=CCCCO1. The minimum atomic E-state index is -0.0149. The maximum Gasteiger partial charge on any atom is 0.198 e. The largest absolute Gasteiger partial charge is 0.490 e. The second kappa shape index (κ2) is 5.81. The first-order valence-corrected chi connectivity index (χ1v) is 5.35. The lowest BCUT2D eigenvalue weighted by Crippen LogP contribution is -2.25. The third-order valence-corrected chi connectivity index (χ3v) is 2.32. The Labute approximate surface area is 85.3 Å². The summed E-state index contributed by atoms with van der Waals surface area (Å²) in [7, 11) is 0. The van der Waals surface area contributed by atoms with E-state index >= 15 is 0 Å². The van der Waals surface area contributed by atoms with Crippen molar-refractivity contribution in [3.05, 3.63) is 11.8 Å². The number of hydrogen-bond acceptors (Lipinski definition) is 3. The smallest absolute Gasteiger partial charge is 0.198 e. The number of allylic oxidation sites excluding steroid dienone is 2. The predicted molar refractivity (Wildman–Crippen MR) is 55.8 cm³/mol. The lowest BCUT2D eigenvalue weighted by atomic mass is 10.0. The Morgan fingerprint density at radius 2 is 2.50 bits per heavy atom. The highest BCUT2D eigenvalue weighted by Crippen LogP contribution is 2.13. The van der Waals surface area contributed by atoms with Crippen LogP contribution in [0.15, 0.2) is 11.8 Å². The molecule has 0 amide bonds. The molecule has 0 radical (unpaired) electrons. The van der Waals surface area contributed by atoms with Gasteiger partial charge in [-0.15, -0.1) is 0 Å². The molecule has 0 aromatic carbocycles. The molecular weight excluding hydrogens is 178 g/mol. The fourth-order valence-electron chi connectivity index (χ4n) is 1.56. The van der Waals surface area contributed by atoms with E-state index < -0.39 is 0 Å². The number of hydrogen-bond donors (Lipinski definition) is 1. The summed E-state index contributed by atoms with van der Waals surface area (Å²) in [6.07, 6.45) is 6.18. The van der Waals surface area contributed by atoms with Gasteiger partial charge in [0.1, 0.15) is 0 Å². The summed E-state index contributed by atoms with van der Waals surface area (Å²) in [5, 5.41) is 0. The van der Waals surface area contributed by atoms with E-state index in [2.05, 4.69) is 6.92 Å². The van der Waals surface area contributed by atoms with Crippen molar-refractivity contribution in [1.29, 1.82) is 0 Å². The van der Waals surface area contributed by atoms with E-state index in [0.29, 0.717) is 18.8 Å².